The van der Waals surface area contributed by atoms with E-state index in [1.165, 1.54) is 17.9 Å². The second kappa shape index (κ2) is 6.85. The molecule has 0 radical (unpaired) electrons. The Morgan fingerprint density at radius 3 is 3.00 bits per heavy atom. The van der Waals surface area contributed by atoms with Gasteiger partial charge in [0, 0.05) is 13.1 Å². The lowest BCUT2D eigenvalue weighted by Gasteiger charge is -2.12. The first-order valence-corrected chi connectivity index (χ1v) is 6.53. The summed E-state index contributed by atoms with van der Waals surface area (Å²) in [6.07, 6.45) is 2.94. The van der Waals surface area contributed by atoms with E-state index >= 15 is 0 Å². The standard InChI is InChI=1S/C10H20N4S/c1-4-15-6-5-9(2)11-7-10-13-12-8-14(10)3/h8-9,11H,4-7H2,1-3H3. The minimum absolute atomic E-state index is 0.542. The molecule has 0 aliphatic carbocycles. The minimum Gasteiger partial charge on any atom is -0.320 e. The molecule has 5 heteroatoms. The van der Waals surface area contributed by atoms with Crippen molar-refractivity contribution in [3.63, 3.8) is 0 Å². The van der Waals surface area contributed by atoms with Crippen molar-refractivity contribution >= 4 is 11.8 Å². The van der Waals surface area contributed by atoms with Crippen molar-refractivity contribution in [2.75, 3.05) is 11.5 Å². The number of aromatic nitrogens is 3. The molecule has 15 heavy (non-hydrogen) atoms. The van der Waals surface area contributed by atoms with Crippen LogP contribution < -0.4 is 5.32 Å². The van der Waals surface area contributed by atoms with Gasteiger partial charge in [-0.05, 0) is 24.9 Å². The van der Waals surface area contributed by atoms with Crippen LogP contribution in [-0.4, -0.2) is 32.3 Å². The van der Waals surface area contributed by atoms with Gasteiger partial charge in [-0.15, -0.1) is 10.2 Å². The van der Waals surface area contributed by atoms with Crippen molar-refractivity contribution in [3.05, 3.63) is 12.2 Å². The summed E-state index contributed by atoms with van der Waals surface area (Å²) in [6.45, 7) is 5.21. The van der Waals surface area contributed by atoms with Crippen LogP contribution in [0.15, 0.2) is 6.33 Å². The monoisotopic (exact) mass is 228 g/mol. The van der Waals surface area contributed by atoms with Crippen LogP contribution in [0, 0.1) is 0 Å². The van der Waals surface area contributed by atoms with Crippen LogP contribution in [-0.2, 0) is 13.6 Å². The van der Waals surface area contributed by atoms with Gasteiger partial charge in [-0.1, -0.05) is 6.92 Å². The molecular formula is C10H20N4S. The largest absolute Gasteiger partial charge is 0.320 e. The molecule has 0 spiro atoms. The molecule has 0 saturated heterocycles. The quantitative estimate of drug-likeness (QED) is 0.717. The predicted molar refractivity (Wildman–Crippen MR) is 64.9 cm³/mol. The van der Waals surface area contributed by atoms with E-state index in [2.05, 4.69) is 29.4 Å². The van der Waals surface area contributed by atoms with Crippen molar-refractivity contribution in [1.29, 1.82) is 0 Å². The molecule has 0 aromatic carbocycles. The molecule has 1 rings (SSSR count). The summed E-state index contributed by atoms with van der Waals surface area (Å²) < 4.78 is 1.94. The van der Waals surface area contributed by atoms with Gasteiger partial charge in [0.25, 0.3) is 0 Å². The maximum Gasteiger partial charge on any atom is 0.146 e. The highest BCUT2D eigenvalue weighted by Crippen LogP contribution is 2.04. The van der Waals surface area contributed by atoms with E-state index in [-0.39, 0.29) is 0 Å². The summed E-state index contributed by atoms with van der Waals surface area (Å²) in [6, 6.07) is 0.542. The average molecular weight is 228 g/mol. The molecule has 1 aromatic heterocycles. The van der Waals surface area contributed by atoms with Crippen LogP contribution in [0.25, 0.3) is 0 Å². The number of nitrogens with one attached hydrogen (secondary N) is 1. The fourth-order valence-corrected chi connectivity index (χ4v) is 2.05. The molecule has 1 N–H and O–H groups in total. The lowest BCUT2D eigenvalue weighted by Crippen LogP contribution is -2.27. The fourth-order valence-electron chi connectivity index (χ4n) is 1.24. The third kappa shape index (κ3) is 4.66. The molecule has 0 aliphatic heterocycles. The van der Waals surface area contributed by atoms with Crippen LogP contribution in [0.2, 0.25) is 0 Å². The van der Waals surface area contributed by atoms with E-state index in [0.29, 0.717) is 6.04 Å². The van der Waals surface area contributed by atoms with E-state index in [1.807, 2.05) is 23.4 Å². The zero-order chi connectivity index (χ0) is 11.1. The molecule has 86 valence electrons. The Kier molecular flexibility index (Phi) is 5.71. The van der Waals surface area contributed by atoms with Gasteiger partial charge in [-0.3, -0.25) is 0 Å². The molecule has 0 amide bonds. The molecule has 4 nitrogen and oxygen atoms in total. The summed E-state index contributed by atoms with van der Waals surface area (Å²) in [5.74, 6) is 3.42. The van der Waals surface area contributed by atoms with E-state index in [4.69, 9.17) is 0 Å². The highest BCUT2D eigenvalue weighted by molar-refractivity contribution is 7.99. The lowest BCUT2D eigenvalue weighted by molar-refractivity contribution is 0.518. The third-order valence-corrected chi connectivity index (χ3v) is 3.25. The molecule has 0 fully saturated rings. The Bertz CT molecular complexity index is 274. The van der Waals surface area contributed by atoms with Gasteiger partial charge < -0.3 is 9.88 Å². The van der Waals surface area contributed by atoms with Gasteiger partial charge in [-0.2, -0.15) is 11.8 Å². The second-order valence-corrected chi connectivity index (χ2v) is 5.02. The molecule has 1 unspecified atom stereocenters. The van der Waals surface area contributed by atoms with Crippen molar-refractivity contribution in [2.45, 2.75) is 32.9 Å². The Labute approximate surface area is 95.9 Å². The lowest BCUT2D eigenvalue weighted by atomic mass is 10.2. The van der Waals surface area contributed by atoms with Crippen LogP contribution in [0.4, 0.5) is 0 Å². The average Bonchev–Trinajstić information content (AvgIpc) is 2.61. The van der Waals surface area contributed by atoms with Gasteiger partial charge in [0.15, 0.2) is 0 Å². The van der Waals surface area contributed by atoms with Crippen molar-refractivity contribution < 1.29 is 0 Å². The van der Waals surface area contributed by atoms with Gasteiger partial charge in [-0.25, -0.2) is 0 Å². The predicted octanol–water partition coefficient (Wildman–Crippen LogP) is 1.44. The zero-order valence-corrected chi connectivity index (χ0v) is 10.5. The van der Waals surface area contributed by atoms with Gasteiger partial charge in [0.1, 0.15) is 12.2 Å². The van der Waals surface area contributed by atoms with E-state index < -0.39 is 0 Å². The highest BCUT2D eigenvalue weighted by atomic mass is 32.2. The number of aryl methyl sites for hydroxylation is 1. The molecular weight excluding hydrogens is 208 g/mol. The highest BCUT2D eigenvalue weighted by Gasteiger charge is 2.04. The van der Waals surface area contributed by atoms with Crippen LogP contribution >= 0.6 is 11.8 Å². The Morgan fingerprint density at radius 1 is 1.60 bits per heavy atom. The first kappa shape index (κ1) is 12.5. The number of rotatable bonds is 7. The summed E-state index contributed by atoms with van der Waals surface area (Å²) in [5.41, 5.74) is 0. The first-order chi connectivity index (χ1) is 7.24. The summed E-state index contributed by atoms with van der Waals surface area (Å²) in [4.78, 5) is 0. The minimum atomic E-state index is 0.542. The molecule has 0 bridgehead atoms. The van der Waals surface area contributed by atoms with Crippen LogP contribution in [0.5, 0.6) is 0 Å². The number of nitrogens with zero attached hydrogens (tertiary/aromatic N) is 3. The van der Waals surface area contributed by atoms with Gasteiger partial charge in [0.2, 0.25) is 0 Å². The van der Waals surface area contributed by atoms with E-state index in [0.717, 1.165) is 12.4 Å². The zero-order valence-electron chi connectivity index (χ0n) is 9.73. The SMILES string of the molecule is CCSCCC(C)NCc1nncn1C. The molecule has 0 saturated carbocycles. The van der Waals surface area contributed by atoms with Crippen molar-refractivity contribution in [2.24, 2.45) is 7.05 Å². The Balaban J connectivity index is 2.16. The molecule has 1 atom stereocenters. The van der Waals surface area contributed by atoms with Gasteiger partial charge in [0.05, 0.1) is 6.54 Å². The Morgan fingerprint density at radius 2 is 2.40 bits per heavy atom. The second-order valence-electron chi connectivity index (χ2n) is 3.63. The number of hydrogen-bond donors (Lipinski definition) is 1. The third-order valence-electron chi connectivity index (χ3n) is 2.31. The molecule has 1 heterocycles. The molecule has 1 aromatic rings. The van der Waals surface area contributed by atoms with E-state index in [1.54, 1.807) is 6.33 Å². The number of thioether (sulfide) groups is 1. The van der Waals surface area contributed by atoms with E-state index in [9.17, 15) is 0 Å². The smallest absolute Gasteiger partial charge is 0.146 e. The van der Waals surface area contributed by atoms with Crippen LogP contribution in [0.3, 0.4) is 0 Å². The topological polar surface area (TPSA) is 42.7 Å². The van der Waals surface area contributed by atoms with Crippen LogP contribution in [0.1, 0.15) is 26.1 Å². The molecule has 0 aliphatic rings. The summed E-state index contributed by atoms with van der Waals surface area (Å²) >= 11 is 1.99. The number of hydrogen-bond acceptors (Lipinski definition) is 4. The first-order valence-electron chi connectivity index (χ1n) is 5.38. The maximum atomic E-state index is 4.03. The fraction of sp³-hybridized carbons (Fsp3) is 0.800. The van der Waals surface area contributed by atoms with Crippen molar-refractivity contribution in [1.82, 2.24) is 20.1 Å². The van der Waals surface area contributed by atoms with Gasteiger partial charge >= 0.3 is 0 Å². The van der Waals surface area contributed by atoms with Crippen molar-refractivity contribution in [3.8, 4) is 0 Å². The Hall–Kier alpha value is -0.550. The summed E-state index contributed by atoms with van der Waals surface area (Å²) in [5, 5.41) is 11.3. The normalized spacial score (nSPS) is 13.0. The summed E-state index contributed by atoms with van der Waals surface area (Å²) in [7, 11) is 1.97. The maximum absolute atomic E-state index is 4.03.